The molecule has 0 aliphatic rings. The van der Waals surface area contributed by atoms with Gasteiger partial charge in [-0.15, -0.1) is 11.3 Å². The number of amides is 1. The highest BCUT2D eigenvalue weighted by molar-refractivity contribution is 7.18. The van der Waals surface area contributed by atoms with Crippen molar-refractivity contribution in [3.8, 4) is 5.75 Å². The number of rotatable bonds is 7. The molecule has 0 atom stereocenters. The lowest BCUT2D eigenvalue weighted by Gasteiger charge is -2.09. The molecule has 1 aromatic heterocycles. The van der Waals surface area contributed by atoms with Crippen LogP contribution >= 0.6 is 22.9 Å². The van der Waals surface area contributed by atoms with E-state index in [-0.39, 0.29) is 29.6 Å². The molecule has 1 aromatic carbocycles. The van der Waals surface area contributed by atoms with Crippen LogP contribution in [0, 0.1) is 13.8 Å². The standard InChI is InChI=1S/C19H20ClNO5S/c1-5-25-19(24)16-11(3)17(12(4)22)27-18(16)21-15(23)9-26-13-6-7-14(20)10(2)8-13/h6-8H,5,9H2,1-4H3,(H,21,23). The van der Waals surface area contributed by atoms with Gasteiger partial charge in [0.05, 0.1) is 17.0 Å². The third-order valence-corrected chi connectivity index (χ3v) is 5.43. The molecule has 0 aliphatic heterocycles. The Hall–Kier alpha value is -2.38. The van der Waals surface area contributed by atoms with Gasteiger partial charge in [-0.25, -0.2) is 4.79 Å². The summed E-state index contributed by atoms with van der Waals surface area (Å²) in [5.41, 5.74) is 1.53. The highest BCUT2D eigenvalue weighted by Gasteiger charge is 2.25. The summed E-state index contributed by atoms with van der Waals surface area (Å²) in [4.78, 5) is 36.7. The van der Waals surface area contributed by atoms with E-state index in [2.05, 4.69) is 5.32 Å². The Bertz CT molecular complexity index is 890. The van der Waals surface area contributed by atoms with Crippen LogP contribution in [-0.4, -0.2) is 30.9 Å². The number of carbonyl (C=O) groups excluding carboxylic acids is 3. The molecular formula is C19H20ClNO5S. The first-order valence-corrected chi connectivity index (χ1v) is 9.44. The third-order valence-electron chi connectivity index (χ3n) is 3.70. The topological polar surface area (TPSA) is 81.7 Å². The Kier molecular flexibility index (Phi) is 6.98. The van der Waals surface area contributed by atoms with E-state index in [4.69, 9.17) is 21.1 Å². The predicted octanol–water partition coefficient (Wildman–Crippen LogP) is 4.42. The van der Waals surface area contributed by atoms with E-state index in [1.165, 1.54) is 6.92 Å². The molecule has 1 heterocycles. The molecule has 27 heavy (non-hydrogen) atoms. The molecule has 1 N–H and O–H groups in total. The smallest absolute Gasteiger partial charge is 0.341 e. The van der Waals surface area contributed by atoms with Crippen LogP contribution in [0.25, 0.3) is 0 Å². The summed E-state index contributed by atoms with van der Waals surface area (Å²) in [7, 11) is 0. The van der Waals surface area contributed by atoms with E-state index in [1.807, 2.05) is 6.92 Å². The normalized spacial score (nSPS) is 10.4. The summed E-state index contributed by atoms with van der Waals surface area (Å²) in [6.07, 6.45) is 0. The van der Waals surface area contributed by atoms with Crippen molar-refractivity contribution < 1.29 is 23.9 Å². The number of Topliss-reactive ketones (excluding diaryl/α,β-unsaturated/α-hetero) is 1. The van der Waals surface area contributed by atoms with Crippen molar-refractivity contribution >= 4 is 45.6 Å². The van der Waals surface area contributed by atoms with Crippen molar-refractivity contribution in [1.82, 2.24) is 0 Å². The van der Waals surface area contributed by atoms with Crippen molar-refractivity contribution in [2.45, 2.75) is 27.7 Å². The minimum Gasteiger partial charge on any atom is -0.484 e. The van der Waals surface area contributed by atoms with Gasteiger partial charge < -0.3 is 14.8 Å². The van der Waals surface area contributed by atoms with Crippen LogP contribution < -0.4 is 10.1 Å². The molecular weight excluding hydrogens is 390 g/mol. The van der Waals surface area contributed by atoms with Gasteiger partial charge in [0.2, 0.25) is 0 Å². The minimum absolute atomic E-state index is 0.184. The Morgan fingerprint density at radius 3 is 2.52 bits per heavy atom. The van der Waals surface area contributed by atoms with Crippen molar-refractivity contribution in [2.24, 2.45) is 0 Å². The molecule has 0 aliphatic carbocycles. The molecule has 2 aromatic rings. The number of thiophene rings is 1. The van der Waals surface area contributed by atoms with Crippen LogP contribution in [0.1, 0.15) is 45.0 Å². The molecule has 2 rings (SSSR count). The molecule has 0 fully saturated rings. The lowest BCUT2D eigenvalue weighted by molar-refractivity contribution is -0.118. The first-order chi connectivity index (χ1) is 12.7. The molecule has 0 saturated heterocycles. The fourth-order valence-corrected chi connectivity index (χ4v) is 3.63. The Labute approximate surface area is 166 Å². The quantitative estimate of drug-likeness (QED) is 0.540. The number of esters is 1. The van der Waals surface area contributed by atoms with Crippen LogP contribution in [0.5, 0.6) is 5.75 Å². The fraction of sp³-hybridized carbons (Fsp3) is 0.316. The van der Waals surface area contributed by atoms with Crippen LogP contribution in [0.2, 0.25) is 5.02 Å². The van der Waals surface area contributed by atoms with Crippen molar-refractivity contribution in [2.75, 3.05) is 18.5 Å². The number of halogens is 1. The van der Waals surface area contributed by atoms with E-state index in [1.54, 1.807) is 32.0 Å². The molecule has 0 bridgehead atoms. The number of carbonyl (C=O) groups is 3. The number of hydrogen-bond donors (Lipinski definition) is 1. The third kappa shape index (κ3) is 5.08. The number of aryl methyl sites for hydroxylation is 1. The Morgan fingerprint density at radius 1 is 1.22 bits per heavy atom. The van der Waals surface area contributed by atoms with Gasteiger partial charge in [0.15, 0.2) is 12.4 Å². The molecule has 0 unspecified atom stereocenters. The maximum Gasteiger partial charge on any atom is 0.341 e. The molecule has 0 radical (unpaired) electrons. The second-order valence-corrected chi connectivity index (χ2v) is 7.21. The van der Waals surface area contributed by atoms with Gasteiger partial charge in [-0.1, -0.05) is 11.6 Å². The Balaban J connectivity index is 2.16. The maximum atomic E-state index is 12.3. The number of ether oxygens (including phenoxy) is 2. The summed E-state index contributed by atoms with van der Waals surface area (Å²) in [5.74, 6) is -0.714. The molecule has 0 saturated carbocycles. The predicted molar refractivity (Wildman–Crippen MR) is 105 cm³/mol. The zero-order valence-corrected chi connectivity index (χ0v) is 17.0. The van der Waals surface area contributed by atoms with E-state index >= 15 is 0 Å². The van der Waals surface area contributed by atoms with E-state index in [9.17, 15) is 14.4 Å². The molecule has 6 nitrogen and oxygen atoms in total. The lowest BCUT2D eigenvalue weighted by Crippen LogP contribution is -2.21. The average Bonchev–Trinajstić information content (AvgIpc) is 2.92. The van der Waals surface area contributed by atoms with Crippen molar-refractivity contribution in [1.29, 1.82) is 0 Å². The number of anilines is 1. The summed E-state index contributed by atoms with van der Waals surface area (Å²) < 4.78 is 10.5. The van der Waals surface area contributed by atoms with E-state index < -0.39 is 11.9 Å². The zero-order valence-electron chi connectivity index (χ0n) is 15.5. The zero-order chi connectivity index (χ0) is 20.1. The van der Waals surface area contributed by atoms with Gasteiger partial charge in [-0.3, -0.25) is 9.59 Å². The maximum absolute atomic E-state index is 12.3. The van der Waals surface area contributed by atoms with E-state index in [0.717, 1.165) is 16.9 Å². The van der Waals surface area contributed by atoms with Gasteiger partial charge >= 0.3 is 5.97 Å². The summed E-state index contributed by atoms with van der Waals surface area (Å²) in [6.45, 7) is 6.52. The highest BCUT2D eigenvalue weighted by atomic mass is 35.5. The number of hydrogen-bond acceptors (Lipinski definition) is 6. The molecule has 0 spiro atoms. The molecule has 8 heteroatoms. The SMILES string of the molecule is CCOC(=O)c1c(NC(=O)COc2ccc(Cl)c(C)c2)sc(C(C)=O)c1C. The summed E-state index contributed by atoms with van der Waals surface area (Å²) in [6, 6.07) is 5.07. The van der Waals surface area contributed by atoms with Crippen molar-refractivity contribution in [3.05, 3.63) is 44.8 Å². The first-order valence-electron chi connectivity index (χ1n) is 8.24. The molecule has 1 amide bonds. The minimum atomic E-state index is -0.580. The number of benzene rings is 1. The largest absolute Gasteiger partial charge is 0.484 e. The van der Waals surface area contributed by atoms with Crippen LogP contribution in [0.3, 0.4) is 0 Å². The second kappa shape index (κ2) is 9.01. The van der Waals surface area contributed by atoms with Crippen LogP contribution in [0.4, 0.5) is 5.00 Å². The Morgan fingerprint density at radius 2 is 1.93 bits per heavy atom. The van der Waals surface area contributed by atoms with Crippen LogP contribution in [-0.2, 0) is 9.53 Å². The van der Waals surface area contributed by atoms with Gasteiger partial charge in [0.25, 0.3) is 5.91 Å². The van der Waals surface area contributed by atoms with Gasteiger partial charge in [-0.2, -0.15) is 0 Å². The highest BCUT2D eigenvalue weighted by Crippen LogP contribution is 2.34. The summed E-state index contributed by atoms with van der Waals surface area (Å²) >= 11 is 7.01. The lowest BCUT2D eigenvalue weighted by atomic mass is 10.1. The fourth-order valence-electron chi connectivity index (χ4n) is 2.41. The molecule has 144 valence electrons. The van der Waals surface area contributed by atoms with Crippen molar-refractivity contribution in [3.63, 3.8) is 0 Å². The van der Waals surface area contributed by atoms with Crippen LogP contribution in [0.15, 0.2) is 18.2 Å². The average molecular weight is 410 g/mol. The van der Waals surface area contributed by atoms with E-state index in [0.29, 0.717) is 21.2 Å². The van der Waals surface area contributed by atoms with Gasteiger partial charge in [0.1, 0.15) is 10.8 Å². The monoisotopic (exact) mass is 409 g/mol. The summed E-state index contributed by atoms with van der Waals surface area (Å²) in [5, 5.41) is 3.52. The number of ketones is 1. The van der Waals surface area contributed by atoms with Gasteiger partial charge in [0, 0.05) is 5.02 Å². The first kappa shape index (κ1) is 20.9. The second-order valence-electron chi connectivity index (χ2n) is 5.78. The number of nitrogens with one attached hydrogen (secondary N) is 1. The van der Waals surface area contributed by atoms with Gasteiger partial charge in [-0.05, 0) is 57.0 Å².